The van der Waals surface area contributed by atoms with Crippen LogP contribution in [-0.2, 0) is 6.18 Å². The SMILES string of the molecule is CCNC(=NCCNc1ncccc1C(F)(F)F)N1CCN(c2ncccn2)CC1.I. The standard InChI is InChI=1S/C19H25F3N8.HI/c1-2-23-17(29-11-13-30(14-12-29)18-26-7-4-8-27-18)28-10-9-25-16-15(19(20,21)22)5-3-6-24-16;/h3-8H,2,9-14H2,1H3,(H,23,28)(H,24,25);1H. The largest absolute Gasteiger partial charge is 0.419 e. The molecule has 0 spiro atoms. The Morgan fingerprint density at radius 3 is 2.39 bits per heavy atom. The molecular weight excluding hydrogens is 524 g/mol. The van der Waals surface area contributed by atoms with Gasteiger partial charge in [0, 0.05) is 57.9 Å². The van der Waals surface area contributed by atoms with Gasteiger partial charge in [0.25, 0.3) is 0 Å². The first-order valence-electron chi connectivity index (χ1n) is 9.80. The topological polar surface area (TPSA) is 81.6 Å². The summed E-state index contributed by atoms with van der Waals surface area (Å²) in [5.74, 6) is 1.27. The first-order valence-corrected chi connectivity index (χ1v) is 9.80. The van der Waals surface area contributed by atoms with Gasteiger partial charge in [0.15, 0.2) is 5.96 Å². The molecule has 2 N–H and O–H groups in total. The van der Waals surface area contributed by atoms with Crippen LogP contribution in [0.5, 0.6) is 0 Å². The molecule has 2 aromatic heterocycles. The highest BCUT2D eigenvalue weighted by Crippen LogP contribution is 2.33. The van der Waals surface area contributed by atoms with E-state index in [4.69, 9.17) is 0 Å². The Kier molecular flexibility index (Phi) is 9.52. The van der Waals surface area contributed by atoms with Crippen molar-refractivity contribution < 1.29 is 13.2 Å². The number of nitrogens with zero attached hydrogens (tertiary/aromatic N) is 6. The number of hydrogen-bond acceptors (Lipinski definition) is 6. The molecule has 0 amide bonds. The van der Waals surface area contributed by atoms with Crippen molar-refractivity contribution in [3.8, 4) is 0 Å². The molecule has 1 saturated heterocycles. The fraction of sp³-hybridized carbons (Fsp3) is 0.474. The first kappa shape index (κ1) is 24.9. The van der Waals surface area contributed by atoms with Gasteiger partial charge in [0.05, 0.1) is 12.1 Å². The van der Waals surface area contributed by atoms with Crippen molar-refractivity contribution in [2.45, 2.75) is 13.1 Å². The molecule has 0 atom stereocenters. The van der Waals surface area contributed by atoms with Gasteiger partial charge in [-0.15, -0.1) is 24.0 Å². The third-order valence-electron chi connectivity index (χ3n) is 4.53. The number of guanidine groups is 1. The first-order chi connectivity index (χ1) is 14.5. The maximum Gasteiger partial charge on any atom is 0.419 e. The third kappa shape index (κ3) is 7.08. The van der Waals surface area contributed by atoms with Gasteiger partial charge in [0.1, 0.15) is 5.82 Å². The van der Waals surface area contributed by atoms with Gasteiger partial charge in [-0.25, -0.2) is 15.0 Å². The van der Waals surface area contributed by atoms with Gasteiger partial charge < -0.3 is 20.4 Å². The van der Waals surface area contributed by atoms with Crippen LogP contribution in [0.4, 0.5) is 24.9 Å². The Bertz CT molecular complexity index is 826. The Balaban J connectivity index is 0.00000341. The summed E-state index contributed by atoms with van der Waals surface area (Å²) < 4.78 is 39.1. The fourth-order valence-corrected chi connectivity index (χ4v) is 3.11. The van der Waals surface area contributed by atoms with Gasteiger partial charge in [-0.3, -0.25) is 4.99 Å². The molecule has 3 heterocycles. The zero-order valence-electron chi connectivity index (χ0n) is 17.1. The highest BCUT2D eigenvalue weighted by Gasteiger charge is 2.33. The molecule has 0 aliphatic carbocycles. The van der Waals surface area contributed by atoms with E-state index in [-0.39, 0.29) is 36.3 Å². The number of pyridine rings is 1. The van der Waals surface area contributed by atoms with Gasteiger partial charge in [-0.05, 0) is 25.1 Å². The van der Waals surface area contributed by atoms with Crippen LogP contribution in [0.2, 0.25) is 0 Å². The number of piperazine rings is 1. The number of anilines is 2. The van der Waals surface area contributed by atoms with Crippen molar-refractivity contribution >= 4 is 41.7 Å². The minimum absolute atomic E-state index is 0. The van der Waals surface area contributed by atoms with E-state index in [1.165, 1.54) is 12.3 Å². The van der Waals surface area contributed by atoms with E-state index >= 15 is 0 Å². The van der Waals surface area contributed by atoms with Crippen molar-refractivity contribution in [1.82, 2.24) is 25.2 Å². The van der Waals surface area contributed by atoms with Crippen molar-refractivity contribution in [2.24, 2.45) is 4.99 Å². The van der Waals surface area contributed by atoms with Crippen LogP contribution in [-0.4, -0.2) is 71.6 Å². The molecule has 0 radical (unpaired) electrons. The quantitative estimate of drug-likeness (QED) is 0.248. The van der Waals surface area contributed by atoms with Crippen LogP contribution in [0.25, 0.3) is 0 Å². The second-order valence-corrected chi connectivity index (χ2v) is 6.58. The highest BCUT2D eigenvalue weighted by molar-refractivity contribution is 14.0. The summed E-state index contributed by atoms with van der Waals surface area (Å²) in [6.07, 6.45) is 0.329. The molecule has 2 aromatic rings. The molecular formula is C19H26F3IN8. The lowest BCUT2D eigenvalue weighted by molar-refractivity contribution is -0.137. The lowest BCUT2D eigenvalue weighted by Gasteiger charge is -2.36. The Labute approximate surface area is 196 Å². The van der Waals surface area contributed by atoms with Gasteiger partial charge in [-0.1, -0.05) is 0 Å². The molecule has 0 bridgehead atoms. The van der Waals surface area contributed by atoms with E-state index in [9.17, 15) is 13.2 Å². The predicted octanol–water partition coefficient (Wildman–Crippen LogP) is 2.71. The number of rotatable bonds is 6. The van der Waals surface area contributed by atoms with Crippen molar-refractivity contribution in [2.75, 3.05) is 56.0 Å². The molecule has 1 aliphatic rings. The maximum atomic E-state index is 13.0. The van der Waals surface area contributed by atoms with Gasteiger partial charge in [-0.2, -0.15) is 13.2 Å². The lowest BCUT2D eigenvalue weighted by atomic mass is 10.2. The van der Waals surface area contributed by atoms with Crippen LogP contribution in [0, 0.1) is 0 Å². The summed E-state index contributed by atoms with van der Waals surface area (Å²) in [7, 11) is 0. The summed E-state index contributed by atoms with van der Waals surface area (Å²) in [5, 5.41) is 5.98. The zero-order valence-corrected chi connectivity index (χ0v) is 19.5. The fourth-order valence-electron chi connectivity index (χ4n) is 3.11. The number of aliphatic imine (C=N–C) groups is 1. The molecule has 0 unspecified atom stereocenters. The second kappa shape index (κ2) is 11.9. The molecule has 1 aliphatic heterocycles. The zero-order chi connectivity index (χ0) is 21.4. The number of nitrogens with one attached hydrogen (secondary N) is 2. The molecule has 8 nitrogen and oxygen atoms in total. The Hall–Kier alpha value is -2.38. The van der Waals surface area contributed by atoms with Crippen LogP contribution >= 0.6 is 24.0 Å². The van der Waals surface area contributed by atoms with Gasteiger partial charge >= 0.3 is 6.18 Å². The van der Waals surface area contributed by atoms with Gasteiger partial charge in [0.2, 0.25) is 5.95 Å². The average Bonchev–Trinajstić information content (AvgIpc) is 2.76. The van der Waals surface area contributed by atoms with Crippen molar-refractivity contribution in [3.63, 3.8) is 0 Å². The predicted molar refractivity (Wildman–Crippen MR) is 125 cm³/mol. The smallest absolute Gasteiger partial charge is 0.368 e. The van der Waals surface area contributed by atoms with Crippen LogP contribution < -0.4 is 15.5 Å². The molecule has 0 saturated carbocycles. The summed E-state index contributed by atoms with van der Waals surface area (Å²) in [6, 6.07) is 4.07. The molecule has 0 aromatic carbocycles. The number of hydrogen-bond donors (Lipinski definition) is 2. The number of alkyl halides is 3. The minimum atomic E-state index is -4.45. The van der Waals surface area contributed by atoms with E-state index in [0.717, 1.165) is 38.2 Å². The maximum absolute atomic E-state index is 13.0. The van der Waals surface area contributed by atoms with Crippen LogP contribution in [0.1, 0.15) is 12.5 Å². The molecule has 170 valence electrons. The molecule has 1 fully saturated rings. The average molecular weight is 550 g/mol. The molecule has 12 heteroatoms. The second-order valence-electron chi connectivity index (χ2n) is 6.58. The number of aromatic nitrogens is 3. The minimum Gasteiger partial charge on any atom is -0.368 e. The van der Waals surface area contributed by atoms with Crippen molar-refractivity contribution in [3.05, 3.63) is 42.4 Å². The summed E-state index contributed by atoms with van der Waals surface area (Å²) in [4.78, 5) is 21.2. The normalized spacial score (nSPS) is 14.8. The Morgan fingerprint density at radius 2 is 1.74 bits per heavy atom. The van der Waals surface area contributed by atoms with Crippen LogP contribution in [0.3, 0.4) is 0 Å². The van der Waals surface area contributed by atoms with Crippen molar-refractivity contribution in [1.29, 1.82) is 0 Å². The van der Waals surface area contributed by atoms with E-state index in [1.807, 2.05) is 6.92 Å². The number of halogens is 4. The van der Waals surface area contributed by atoms with E-state index in [1.54, 1.807) is 18.5 Å². The van der Waals surface area contributed by atoms with E-state index in [2.05, 4.69) is 40.4 Å². The molecule has 3 rings (SSSR count). The van der Waals surface area contributed by atoms with E-state index < -0.39 is 11.7 Å². The Morgan fingerprint density at radius 1 is 1.06 bits per heavy atom. The van der Waals surface area contributed by atoms with E-state index in [0.29, 0.717) is 19.0 Å². The summed E-state index contributed by atoms with van der Waals surface area (Å²) in [6.45, 7) is 6.25. The summed E-state index contributed by atoms with van der Waals surface area (Å²) >= 11 is 0. The summed E-state index contributed by atoms with van der Waals surface area (Å²) in [5.41, 5.74) is -0.778. The lowest BCUT2D eigenvalue weighted by Crippen LogP contribution is -2.53. The third-order valence-corrected chi connectivity index (χ3v) is 4.53. The monoisotopic (exact) mass is 550 g/mol. The highest BCUT2D eigenvalue weighted by atomic mass is 127. The van der Waals surface area contributed by atoms with Crippen LogP contribution in [0.15, 0.2) is 41.8 Å². The molecule has 31 heavy (non-hydrogen) atoms.